The van der Waals surface area contributed by atoms with Crippen LogP contribution in [0, 0.1) is 5.82 Å². The summed E-state index contributed by atoms with van der Waals surface area (Å²) in [5.41, 5.74) is 0.498. The lowest BCUT2D eigenvalue weighted by molar-refractivity contribution is 0.0159. The van der Waals surface area contributed by atoms with E-state index >= 15 is 0 Å². The fourth-order valence-electron chi connectivity index (χ4n) is 2.44. The van der Waals surface area contributed by atoms with Crippen molar-refractivity contribution in [2.75, 3.05) is 24.5 Å². The van der Waals surface area contributed by atoms with Gasteiger partial charge in [-0.3, -0.25) is 0 Å². The maximum atomic E-state index is 13.0. The van der Waals surface area contributed by atoms with Gasteiger partial charge in [-0.1, -0.05) is 0 Å². The molecule has 4 nitrogen and oxygen atoms in total. The Morgan fingerprint density at radius 3 is 2.38 bits per heavy atom. The molecular weight excluding hydrogens is 271 g/mol. The standard InChI is InChI=1S/C16H23FN2O2/c1-12-11-18(14-7-5-13(17)6-8-14)9-10-19(12)15(20)21-16(2,3)4/h5-8,12H,9-11H2,1-4H3. The number of hydrogen-bond acceptors (Lipinski definition) is 3. The van der Waals surface area contributed by atoms with E-state index in [4.69, 9.17) is 4.74 Å². The Hall–Kier alpha value is -1.78. The second-order valence-corrected chi connectivity index (χ2v) is 6.45. The molecule has 1 aliphatic rings. The number of carbonyl (C=O) groups is 1. The van der Waals surface area contributed by atoms with Crippen molar-refractivity contribution in [1.82, 2.24) is 4.90 Å². The molecule has 1 aromatic rings. The maximum absolute atomic E-state index is 13.0. The Kier molecular flexibility index (Phi) is 4.40. The van der Waals surface area contributed by atoms with E-state index in [1.165, 1.54) is 12.1 Å². The first-order chi connectivity index (χ1) is 9.76. The SMILES string of the molecule is CC1CN(c2ccc(F)cc2)CCN1C(=O)OC(C)(C)C. The molecule has 21 heavy (non-hydrogen) atoms. The fourth-order valence-corrected chi connectivity index (χ4v) is 2.44. The average molecular weight is 294 g/mol. The van der Waals surface area contributed by atoms with E-state index in [0.717, 1.165) is 12.2 Å². The molecule has 0 N–H and O–H groups in total. The number of hydrogen-bond donors (Lipinski definition) is 0. The van der Waals surface area contributed by atoms with Crippen LogP contribution in [0.25, 0.3) is 0 Å². The smallest absolute Gasteiger partial charge is 0.410 e. The van der Waals surface area contributed by atoms with Gasteiger partial charge in [0.05, 0.1) is 0 Å². The number of piperazine rings is 1. The van der Waals surface area contributed by atoms with Crippen molar-refractivity contribution in [2.24, 2.45) is 0 Å². The van der Waals surface area contributed by atoms with Gasteiger partial charge in [0.1, 0.15) is 11.4 Å². The van der Waals surface area contributed by atoms with Gasteiger partial charge in [-0.25, -0.2) is 9.18 Å². The van der Waals surface area contributed by atoms with Crippen molar-refractivity contribution in [3.8, 4) is 0 Å². The molecule has 1 saturated heterocycles. The first-order valence-corrected chi connectivity index (χ1v) is 7.26. The largest absolute Gasteiger partial charge is 0.444 e. The van der Waals surface area contributed by atoms with Crippen LogP contribution in [0.5, 0.6) is 0 Å². The summed E-state index contributed by atoms with van der Waals surface area (Å²) < 4.78 is 18.4. The molecule has 0 bridgehead atoms. The summed E-state index contributed by atoms with van der Waals surface area (Å²) in [6.07, 6.45) is -0.270. The van der Waals surface area contributed by atoms with Crippen LogP contribution in [-0.4, -0.2) is 42.3 Å². The van der Waals surface area contributed by atoms with Gasteiger partial charge >= 0.3 is 6.09 Å². The summed E-state index contributed by atoms with van der Waals surface area (Å²) in [6, 6.07) is 6.51. The first kappa shape index (κ1) is 15.6. The van der Waals surface area contributed by atoms with Crippen molar-refractivity contribution in [1.29, 1.82) is 0 Å². The van der Waals surface area contributed by atoms with E-state index in [1.54, 1.807) is 17.0 Å². The number of benzene rings is 1. The molecule has 0 aromatic heterocycles. The van der Waals surface area contributed by atoms with Gasteiger partial charge in [-0.15, -0.1) is 0 Å². The minimum absolute atomic E-state index is 0.0543. The predicted octanol–water partition coefficient (Wildman–Crippen LogP) is 3.27. The zero-order chi connectivity index (χ0) is 15.6. The summed E-state index contributed by atoms with van der Waals surface area (Å²) in [6.45, 7) is 9.63. The topological polar surface area (TPSA) is 32.8 Å². The van der Waals surface area contributed by atoms with Crippen LogP contribution in [0.15, 0.2) is 24.3 Å². The van der Waals surface area contributed by atoms with Crippen LogP contribution in [-0.2, 0) is 4.74 Å². The van der Waals surface area contributed by atoms with Gasteiger partial charge in [-0.05, 0) is 52.0 Å². The van der Waals surface area contributed by atoms with E-state index in [-0.39, 0.29) is 18.0 Å². The van der Waals surface area contributed by atoms with Crippen molar-refractivity contribution >= 4 is 11.8 Å². The molecule has 1 amide bonds. The minimum Gasteiger partial charge on any atom is -0.444 e. The molecule has 0 radical (unpaired) electrons. The quantitative estimate of drug-likeness (QED) is 0.797. The van der Waals surface area contributed by atoms with Crippen molar-refractivity contribution < 1.29 is 13.9 Å². The molecule has 2 rings (SSSR count). The Labute approximate surface area is 125 Å². The van der Waals surface area contributed by atoms with Crippen LogP contribution >= 0.6 is 0 Å². The predicted molar refractivity (Wildman–Crippen MR) is 81.0 cm³/mol. The Bertz CT molecular complexity index is 496. The van der Waals surface area contributed by atoms with Crippen LogP contribution in [0.2, 0.25) is 0 Å². The molecule has 1 aliphatic heterocycles. The molecule has 1 atom stereocenters. The van der Waals surface area contributed by atoms with Gasteiger partial charge in [0.25, 0.3) is 0 Å². The number of anilines is 1. The van der Waals surface area contributed by atoms with E-state index in [9.17, 15) is 9.18 Å². The second kappa shape index (κ2) is 5.92. The number of rotatable bonds is 1. The summed E-state index contributed by atoms with van der Waals surface area (Å²) in [4.78, 5) is 16.1. The molecule has 0 saturated carbocycles. The third-order valence-electron chi connectivity index (χ3n) is 3.45. The summed E-state index contributed by atoms with van der Waals surface area (Å²) in [5.74, 6) is -0.237. The van der Waals surface area contributed by atoms with Gasteiger partial charge < -0.3 is 14.5 Å². The highest BCUT2D eigenvalue weighted by Crippen LogP contribution is 2.21. The number of nitrogens with zero attached hydrogens (tertiary/aromatic N) is 2. The Balaban J connectivity index is 1.99. The van der Waals surface area contributed by atoms with Crippen LogP contribution in [0.3, 0.4) is 0 Å². The summed E-state index contributed by atoms with van der Waals surface area (Å²) >= 11 is 0. The van der Waals surface area contributed by atoms with E-state index in [1.807, 2.05) is 27.7 Å². The van der Waals surface area contributed by atoms with Crippen LogP contribution in [0.1, 0.15) is 27.7 Å². The molecule has 1 heterocycles. The highest BCUT2D eigenvalue weighted by molar-refractivity contribution is 5.69. The van der Waals surface area contributed by atoms with E-state index in [2.05, 4.69) is 4.90 Å². The zero-order valence-electron chi connectivity index (χ0n) is 13.1. The van der Waals surface area contributed by atoms with Crippen LogP contribution in [0.4, 0.5) is 14.9 Å². The molecule has 116 valence electrons. The molecule has 0 spiro atoms. The zero-order valence-corrected chi connectivity index (χ0v) is 13.1. The third-order valence-corrected chi connectivity index (χ3v) is 3.45. The number of amides is 1. The minimum atomic E-state index is -0.481. The van der Waals surface area contributed by atoms with Gasteiger partial charge in [0.15, 0.2) is 0 Å². The Morgan fingerprint density at radius 2 is 1.86 bits per heavy atom. The van der Waals surface area contributed by atoms with E-state index < -0.39 is 5.60 Å². The third kappa shape index (κ3) is 4.09. The fraction of sp³-hybridized carbons (Fsp3) is 0.562. The summed E-state index contributed by atoms with van der Waals surface area (Å²) in [7, 11) is 0. The lowest BCUT2D eigenvalue weighted by Crippen LogP contribution is -2.55. The summed E-state index contributed by atoms with van der Waals surface area (Å²) in [5, 5.41) is 0. The number of ether oxygens (including phenoxy) is 1. The van der Waals surface area contributed by atoms with E-state index in [0.29, 0.717) is 13.1 Å². The molecule has 0 aliphatic carbocycles. The lowest BCUT2D eigenvalue weighted by Gasteiger charge is -2.41. The second-order valence-electron chi connectivity index (χ2n) is 6.45. The molecule has 1 aromatic carbocycles. The number of carbonyl (C=O) groups excluding carboxylic acids is 1. The van der Waals surface area contributed by atoms with Crippen molar-refractivity contribution in [3.05, 3.63) is 30.1 Å². The normalized spacial score (nSPS) is 19.6. The molecule has 5 heteroatoms. The van der Waals surface area contributed by atoms with Gasteiger partial charge in [0.2, 0.25) is 0 Å². The maximum Gasteiger partial charge on any atom is 0.410 e. The van der Waals surface area contributed by atoms with Gasteiger partial charge in [0, 0.05) is 31.4 Å². The monoisotopic (exact) mass is 294 g/mol. The molecular formula is C16H23FN2O2. The molecule has 1 fully saturated rings. The Morgan fingerprint density at radius 1 is 1.24 bits per heavy atom. The first-order valence-electron chi connectivity index (χ1n) is 7.26. The highest BCUT2D eigenvalue weighted by atomic mass is 19.1. The van der Waals surface area contributed by atoms with Gasteiger partial charge in [-0.2, -0.15) is 0 Å². The molecule has 1 unspecified atom stereocenters. The average Bonchev–Trinajstić information content (AvgIpc) is 2.37. The van der Waals surface area contributed by atoms with Crippen LogP contribution < -0.4 is 4.90 Å². The lowest BCUT2D eigenvalue weighted by atomic mass is 10.1. The highest BCUT2D eigenvalue weighted by Gasteiger charge is 2.30. The van der Waals surface area contributed by atoms with Crippen molar-refractivity contribution in [2.45, 2.75) is 39.3 Å². The number of halogens is 1. The van der Waals surface area contributed by atoms with Crippen molar-refractivity contribution in [3.63, 3.8) is 0 Å².